The number of aliphatic imine (C=N–C) groups is 1. The van der Waals surface area contributed by atoms with Crippen LogP contribution in [-0.4, -0.2) is 100 Å². The van der Waals surface area contributed by atoms with Crippen LogP contribution in [0.1, 0.15) is 25.3 Å². The maximum Gasteiger partial charge on any atom is 0.239 e. The molecule has 0 saturated carbocycles. The molecule has 0 spiro atoms. The summed E-state index contributed by atoms with van der Waals surface area (Å²) < 4.78 is 16.4. The van der Waals surface area contributed by atoms with Gasteiger partial charge < -0.3 is 29.3 Å². The molecule has 1 N–H and O–H groups in total. The van der Waals surface area contributed by atoms with Crippen LogP contribution in [0, 0.1) is 0 Å². The third kappa shape index (κ3) is 5.38. The van der Waals surface area contributed by atoms with Crippen LogP contribution >= 0.6 is 0 Å². The Kier molecular flexibility index (Phi) is 8.44. The topological polar surface area (TPSA) is 78.9 Å². The lowest BCUT2D eigenvalue weighted by molar-refractivity contribution is -0.135. The van der Waals surface area contributed by atoms with Crippen LogP contribution in [0.25, 0.3) is 0 Å². The quantitative estimate of drug-likeness (QED) is 0.500. The fourth-order valence-corrected chi connectivity index (χ4v) is 4.43. The van der Waals surface area contributed by atoms with Crippen molar-refractivity contribution in [1.29, 1.82) is 0 Å². The number of rotatable bonds is 7. The molecular formula is C23H37N5O4. The lowest BCUT2D eigenvalue weighted by Crippen LogP contribution is -2.57. The minimum atomic E-state index is -0.0713. The van der Waals surface area contributed by atoms with E-state index in [1.54, 1.807) is 28.4 Å². The number of nitrogens with one attached hydrogen (secondary N) is 1. The Morgan fingerprint density at radius 1 is 0.969 bits per heavy atom. The van der Waals surface area contributed by atoms with Gasteiger partial charge >= 0.3 is 0 Å². The second-order valence-corrected chi connectivity index (χ2v) is 8.14. The van der Waals surface area contributed by atoms with Gasteiger partial charge in [0.05, 0.1) is 39.5 Å². The number of ether oxygens (including phenoxy) is 3. The van der Waals surface area contributed by atoms with Crippen LogP contribution in [0.5, 0.6) is 17.2 Å². The van der Waals surface area contributed by atoms with Crippen molar-refractivity contribution in [3.8, 4) is 17.2 Å². The van der Waals surface area contributed by atoms with Gasteiger partial charge in [0.1, 0.15) is 17.2 Å². The second kappa shape index (κ2) is 11.3. The molecule has 2 saturated heterocycles. The summed E-state index contributed by atoms with van der Waals surface area (Å²) in [6, 6.07) is 3.62. The van der Waals surface area contributed by atoms with Gasteiger partial charge in [-0.3, -0.25) is 14.7 Å². The van der Waals surface area contributed by atoms with Crippen molar-refractivity contribution < 1.29 is 19.0 Å². The first-order chi connectivity index (χ1) is 15.5. The molecule has 0 bridgehead atoms. The highest BCUT2D eigenvalue weighted by Gasteiger charge is 2.30. The van der Waals surface area contributed by atoms with E-state index in [-0.39, 0.29) is 11.9 Å². The van der Waals surface area contributed by atoms with Gasteiger partial charge in [-0.05, 0) is 19.8 Å². The number of amides is 1. The molecule has 2 aliphatic rings. The SMILES string of the molecule is CN=C(NCc1c(OC)cc(OC)cc1OC)N1CCN(C(C)C(=O)N2CCCC2)CC1. The monoisotopic (exact) mass is 447 g/mol. The molecule has 2 aliphatic heterocycles. The van der Waals surface area contributed by atoms with E-state index in [4.69, 9.17) is 14.2 Å². The van der Waals surface area contributed by atoms with Gasteiger partial charge in [-0.2, -0.15) is 0 Å². The lowest BCUT2D eigenvalue weighted by Gasteiger charge is -2.39. The average molecular weight is 448 g/mol. The van der Waals surface area contributed by atoms with Crippen LogP contribution < -0.4 is 19.5 Å². The van der Waals surface area contributed by atoms with E-state index in [0.29, 0.717) is 23.8 Å². The van der Waals surface area contributed by atoms with E-state index in [9.17, 15) is 4.79 Å². The molecule has 0 radical (unpaired) electrons. The summed E-state index contributed by atoms with van der Waals surface area (Å²) in [5.74, 6) is 3.16. The number of carbonyl (C=O) groups excluding carboxylic acids is 1. The molecule has 9 nitrogen and oxygen atoms in total. The van der Waals surface area contributed by atoms with Crippen molar-refractivity contribution in [2.24, 2.45) is 4.99 Å². The molecule has 1 amide bonds. The summed E-state index contributed by atoms with van der Waals surface area (Å²) in [4.78, 5) is 23.7. The van der Waals surface area contributed by atoms with Gasteiger partial charge in [0.25, 0.3) is 0 Å². The van der Waals surface area contributed by atoms with Gasteiger partial charge in [-0.15, -0.1) is 0 Å². The minimum absolute atomic E-state index is 0.0713. The van der Waals surface area contributed by atoms with Crippen molar-refractivity contribution in [2.75, 3.05) is 67.6 Å². The van der Waals surface area contributed by atoms with Crippen molar-refractivity contribution in [3.63, 3.8) is 0 Å². The standard InChI is InChI=1S/C23H37N5O4/c1-17(22(29)27-8-6-7-9-27)26-10-12-28(13-11-26)23(24-2)25-16-19-20(31-4)14-18(30-3)15-21(19)32-5/h14-15,17H,6-13,16H2,1-5H3,(H,24,25). The van der Waals surface area contributed by atoms with E-state index < -0.39 is 0 Å². The van der Waals surface area contributed by atoms with Gasteiger partial charge in [-0.1, -0.05) is 0 Å². The number of guanidine groups is 1. The first kappa shape index (κ1) is 24.0. The van der Waals surface area contributed by atoms with Crippen LogP contribution in [0.15, 0.2) is 17.1 Å². The molecule has 2 fully saturated rings. The fourth-order valence-electron chi connectivity index (χ4n) is 4.43. The van der Waals surface area contributed by atoms with E-state index in [1.807, 2.05) is 24.0 Å². The zero-order chi connectivity index (χ0) is 23.1. The molecular weight excluding hydrogens is 410 g/mol. The van der Waals surface area contributed by atoms with Gasteiger partial charge in [0.15, 0.2) is 5.96 Å². The van der Waals surface area contributed by atoms with Gasteiger partial charge in [0.2, 0.25) is 5.91 Å². The summed E-state index contributed by atoms with van der Waals surface area (Å²) in [6.07, 6.45) is 2.25. The molecule has 9 heteroatoms. The third-order valence-electron chi connectivity index (χ3n) is 6.39. The highest BCUT2D eigenvalue weighted by Crippen LogP contribution is 2.33. The molecule has 178 valence electrons. The van der Waals surface area contributed by atoms with Crippen molar-refractivity contribution >= 4 is 11.9 Å². The largest absolute Gasteiger partial charge is 0.496 e. The Morgan fingerprint density at radius 2 is 1.56 bits per heavy atom. The molecule has 1 aromatic carbocycles. The fraction of sp³-hybridized carbons (Fsp3) is 0.652. The normalized spacial score (nSPS) is 18.5. The first-order valence-electron chi connectivity index (χ1n) is 11.3. The number of hydrogen-bond acceptors (Lipinski definition) is 6. The molecule has 0 aliphatic carbocycles. The minimum Gasteiger partial charge on any atom is -0.496 e. The second-order valence-electron chi connectivity index (χ2n) is 8.14. The Hall–Kier alpha value is -2.68. The zero-order valence-electron chi connectivity index (χ0n) is 20.0. The Morgan fingerprint density at radius 3 is 2.06 bits per heavy atom. The van der Waals surface area contributed by atoms with Crippen molar-refractivity contribution in [2.45, 2.75) is 32.4 Å². The summed E-state index contributed by atoms with van der Waals surface area (Å²) in [5.41, 5.74) is 0.903. The molecule has 1 aromatic rings. The van der Waals surface area contributed by atoms with Crippen molar-refractivity contribution in [1.82, 2.24) is 20.0 Å². The summed E-state index contributed by atoms with van der Waals surface area (Å²) in [7, 11) is 6.68. The Bertz CT molecular complexity index is 777. The number of carbonyl (C=O) groups is 1. The first-order valence-corrected chi connectivity index (χ1v) is 11.3. The Labute approximate surface area is 191 Å². The molecule has 3 rings (SSSR count). The highest BCUT2D eigenvalue weighted by atomic mass is 16.5. The maximum atomic E-state index is 12.7. The van der Waals surface area contributed by atoms with E-state index in [2.05, 4.69) is 20.1 Å². The van der Waals surface area contributed by atoms with Crippen LogP contribution in [0.2, 0.25) is 0 Å². The molecule has 1 unspecified atom stereocenters. The number of nitrogens with zero attached hydrogens (tertiary/aromatic N) is 4. The van der Waals surface area contributed by atoms with E-state index in [0.717, 1.165) is 63.6 Å². The third-order valence-corrected chi connectivity index (χ3v) is 6.39. The number of piperazine rings is 1. The van der Waals surface area contributed by atoms with Gasteiger partial charge in [0, 0.05) is 58.4 Å². The molecule has 0 aromatic heterocycles. The van der Waals surface area contributed by atoms with Crippen LogP contribution in [-0.2, 0) is 11.3 Å². The zero-order valence-corrected chi connectivity index (χ0v) is 20.0. The predicted octanol–water partition coefficient (Wildman–Crippen LogP) is 1.42. The lowest BCUT2D eigenvalue weighted by atomic mass is 10.1. The smallest absolute Gasteiger partial charge is 0.239 e. The van der Waals surface area contributed by atoms with Crippen molar-refractivity contribution in [3.05, 3.63) is 17.7 Å². The molecule has 1 atom stereocenters. The number of methoxy groups -OCH3 is 3. The average Bonchev–Trinajstić information content (AvgIpc) is 3.38. The Balaban J connectivity index is 1.58. The highest BCUT2D eigenvalue weighted by molar-refractivity contribution is 5.82. The summed E-state index contributed by atoms with van der Waals surface area (Å²) in [5, 5.41) is 3.44. The molecule has 2 heterocycles. The maximum absolute atomic E-state index is 12.7. The van der Waals surface area contributed by atoms with Gasteiger partial charge in [-0.25, -0.2) is 0 Å². The van der Waals surface area contributed by atoms with Crippen LogP contribution in [0.3, 0.4) is 0 Å². The molecule has 32 heavy (non-hydrogen) atoms. The predicted molar refractivity (Wildman–Crippen MR) is 125 cm³/mol. The van der Waals surface area contributed by atoms with E-state index in [1.165, 1.54) is 0 Å². The summed E-state index contributed by atoms with van der Waals surface area (Å²) >= 11 is 0. The van der Waals surface area contributed by atoms with Crippen LogP contribution in [0.4, 0.5) is 0 Å². The van der Waals surface area contributed by atoms with E-state index >= 15 is 0 Å². The summed E-state index contributed by atoms with van der Waals surface area (Å²) in [6.45, 7) is 7.63. The number of benzene rings is 1. The number of hydrogen-bond donors (Lipinski definition) is 1. The number of likely N-dealkylation sites (tertiary alicyclic amines) is 1.